The van der Waals surface area contributed by atoms with Crippen molar-refractivity contribution in [3.8, 4) is 5.75 Å². The van der Waals surface area contributed by atoms with Gasteiger partial charge in [0.2, 0.25) is 0 Å². The van der Waals surface area contributed by atoms with Crippen molar-refractivity contribution < 1.29 is 19.2 Å². The van der Waals surface area contributed by atoms with Crippen molar-refractivity contribution >= 4 is 11.7 Å². The van der Waals surface area contributed by atoms with E-state index in [9.17, 15) is 14.9 Å². The Morgan fingerprint density at radius 2 is 2.00 bits per heavy atom. The molecule has 2 aliphatic rings. The molecule has 24 heavy (non-hydrogen) atoms. The summed E-state index contributed by atoms with van der Waals surface area (Å²) in [6, 6.07) is 5.57. The number of epoxide rings is 1. The van der Waals surface area contributed by atoms with Gasteiger partial charge in [0.1, 0.15) is 11.4 Å². The summed E-state index contributed by atoms with van der Waals surface area (Å²) in [7, 11) is 0. The summed E-state index contributed by atoms with van der Waals surface area (Å²) in [6.07, 6.45) is 3.37. The van der Waals surface area contributed by atoms with E-state index in [2.05, 4.69) is 20.8 Å². The first-order valence-electron chi connectivity index (χ1n) is 8.39. The van der Waals surface area contributed by atoms with Gasteiger partial charge in [0.25, 0.3) is 5.69 Å². The Labute approximate surface area is 141 Å². The molecule has 1 spiro atoms. The molecule has 2 fully saturated rings. The van der Waals surface area contributed by atoms with Crippen molar-refractivity contribution in [1.29, 1.82) is 0 Å². The van der Waals surface area contributed by atoms with Crippen LogP contribution in [0.3, 0.4) is 0 Å². The van der Waals surface area contributed by atoms with Gasteiger partial charge in [-0.2, -0.15) is 0 Å². The molecule has 1 saturated heterocycles. The average molecular weight is 333 g/mol. The van der Waals surface area contributed by atoms with Crippen LogP contribution in [0.15, 0.2) is 24.3 Å². The second-order valence-corrected chi connectivity index (χ2v) is 7.51. The zero-order valence-electron chi connectivity index (χ0n) is 14.3. The fraction of sp³-hybridized carbons (Fsp3) is 0.611. The molecular formula is C18H23NO5. The number of carbonyl (C=O) groups excluding carboxylic acids is 1. The molecule has 1 saturated carbocycles. The van der Waals surface area contributed by atoms with Crippen LogP contribution < -0.4 is 4.74 Å². The number of nitro groups is 1. The summed E-state index contributed by atoms with van der Waals surface area (Å²) < 4.78 is 11.4. The molecular weight excluding hydrogens is 310 g/mol. The van der Waals surface area contributed by atoms with Gasteiger partial charge in [-0.3, -0.25) is 14.9 Å². The number of benzene rings is 1. The van der Waals surface area contributed by atoms with Crippen molar-refractivity contribution in [2.75, 3.05) is 0 Å². The summed E-state index contributed by atoms with van der Waals surface area (Å²) in [5.41, 5.74) is -0.401. The van der Waals surface area contributed by atoms with Crippen molar-refractivity contribution in [2.45, 2.75) is 57.7 Å². The maximum absolute atomic E-state index is 12.3. The SMILES string of the molecule is C[C@@H]1CC[C@@]2(OC2(C)C)[C@H](CC(=O)Oc2ccc([N+](=O)[O-])cc2)C1. The van der Waals surface area contributed by atoms with Gasteiger partial charge >= 0.3 is 5.97 Å². The fourth-order valence-corrected chi connectivity index (χ4v) is 4.07. The van der Waals surface area contributed by atoms with Crippen molar-refractivity contribution in [1.82, 2.24) is 0 Å². The smallest absolute Gasteiger partial charge is 0.311 e. The predicted molar refractivity (Wildman–Crippen MR) is 87.7 cm³/mol. The summed E-state index contributed by atoms with van der Waals surface area (Å²) in [5.74, 6) is 0.753. The summed E-state index contributed by atoms with van der Waals surface area (Å²) in [5, 5.41) is 10.7. The molecule has 0 amide bonds. The first-order chi connectivity index (χ1) is 11.2. The molecule has 0 unspecified atom stereocenters. The third-order valence-corrected chi connectivity index (χ3v) is 5.46. The van der Waals surface area contributed by atoms with E-state index in [4.69, 9.17) is 9.47 Å². The lowest BCUT2D eigenvalue weighted by Crippen LogP contribution is -2.38. The molecule has 0 N–H and O–H groups in total. The van der Waals surface area contributed by atoms with Crippen LogP contribution in [0.5, 0.6) is 5.75 Å². The van der Waals surface area contributed by atoms with E-state index in [0.717, 1.165) is 19.3 Å². The molecule has 6 heteroatoms. The Balaban J connectivity index is 1.64. The molecule has 0 radical (unpaired) electrons. The number of ether oxygens (including phenoxy) is 2. The van der Waals surface area contributed by atoms with E-state index in [1.165, 1.54) is 24.3 Å². The highest BCUT2D eigenvalue weighted by atomic mass is 16.6. The molecule has 1 heterocycles. The Morgan fingerprint density at radius 3 is 2.54 bits per heavy atom. The molecule has 1 aliphatic heterocycles. The lowest BCUT2D eigenvalue weighted by Gasteiger charge is -2.34. The van der Waals surface area contributed by atoms with Gasteiger partial charge in [-0.15, -0.1) is 0 Å². The van der Waals surface area contributed by atoms with E-state index in [-0.39, 0.29) is 28.8 Å². The Bertz CT molecular complexity index is 654. The van der Waals surface area contributed by atoms with E-state index in [1.54, 1.807) is 0 Å². The third-order valence-electron chi connectivity index (χ3n) is 5.46. The molecule has 1 aliphatic carbocycles. The monoisotopic (exact) mass is 333 g/mol. The Kier molecular flexibility index (Phi) is 4.11. The van der Waals surface area contributed by atoms with Crippen LogP contribution in [0.4, 0.5) is 5.69 Å². The van der Waals surface area contributed by atoms with Gasteiger partial charge in [-0.25, -0.2) is 0 Å². The fourth-order valence-electron chi connectivity index (χ4n) is 4.07. The summed E-state index contributed by atoms with van der Waals surface area (Å²) >= 11 is 0. The Hall–Kier alpha value is -1.95. The first kappa shape index (κ1) is 16.9. The average Bonchev–Trinajstić information content (AvgIpc) is 3.06. The van der Waals surface area contributed by atoms with Crippen LogP contribution in [0.1, 0.15) is 46.5 Å². The zero-order chi connectivity index (χ0) is 17.5. The van der Waals surface area contributed by atoms with Gasteiger partial charge < -0.3 is 9.47 Å². The number of nitro benzene ring substituents is 1. The zero-order valence-corrected chi connectivity index (χ0v) is 14.3. The number of carbonyl (C=O) groups is 1. The number of non-ortho nitro benzene ring substituents is 1. The number of esters is 1. The standard InChI is InChI=1S/C18H23NO5/c1-12-8-9-18(17(2,3)24-18)13(10-12)11-16(20)23-15-6-4-14(5-7-15)19(21)22/h4-7,12-13H,8-11H2,1-3H3/t12-,13+,18-/m1/s1. The number of rotatable bonds is 4. The lowest BCUT2D eigenvalue weighted by atomic mass is 9.68. The lowest BCUT2D eigenvalue weighted by molar-refractivity contribution is -0.384. The van der Waals surface area contributed by atoms with Crippen LogP contribution >= 0.6 is 0 Å². The minimum Gasteiger partial charge on any atom is -0.427 e. The van der Waals surface area contributed by atoms with Gasteiger partial charge in [0, 0.05) is 18.1 Å². The highest BCUT2D eigenvalue weighted by Crippen LogP contribution is 2.60. The van der Waals surface area contributed by atoms with Crippen LogP contribution in [0, 0.1) is 22.0 Å². The highest BCUT2D eigenvalue weighted by Gasteiger charge is 2.68. The van der Waals surface area contributed by atoms with Crippen LogP contribution in [0.25, 0.3) is 0 Å². The minimum atomic E-state index is -0.481. The predicted octanol–water partition coefficient (Wildman–Crippen LogP) is 3.87. The molecule has 1 aromatic carbocycles. The van der Waals surface area contributed by atoms with Gasteiger partial charge in [-0.1, -0.05) is 6.92 Å². The van der Waals surface area contributed by atoms with Crippen LogP contribution in [0.2, 0.25) is 0 Å². The summed E-state index contributed by atoms with van der Waals surface area (Å²) in [6.45, 7) is 6.37. The van der Waals surface area contributed by atoms with Crippen molar-refractivity contribution in [3.63, 3.8) is 0 Å². The highest BCUT2D eigenvalue weighted by molar-refractivity contribution is 5.73. The van der Waals surface area contributed by atoms with Crippen molar-refractivity contribution in [2.24, 2.45) is 11.8 Å². The van der Waals surface area contributed by atoms with E-state index < -0.39 is 4.92 Å². The maximum Gasteiger partial charge on any atom is 0.311 e. The molecule has 130 valence electrons. The number of nitrogens with zero attached hydrogens (tertiary/aromatic N) is 1. The second-order valence-electron chi connectivity index (χ2n) is 7.51. The van der Waals surface area contributed by atoms with Crippen LogP contribution in [-0.4, -0.2) is 22.1 Å². The normalized spacial score (nSPS) is 30.8. The van der Waals surface area contributed by atoms with Crippen LogP contribution in [-0.2, 0) is 9.53 Å². The number of hydrogen-bond acceptors (Lipinski definition) is 5. The number of hydrogen-bond donors (Lipinski definition) is 0. The van der Waals surface area contributed by atoms with E-state index in [0.29, 0.717) is 18.1 Å². The van der Waals surface area contributed by atoms with E-state index in [1.807, 2.05) is 0 Å². The quantitative estimate of drug-likeness (QED) is 0.275. The molecule has 6 nitrogen and oxygen atoms in total. The van der Waals surface area contributed by atoms with Crippen molar-refractivity contribution in [3.05, 3.63) is 34.4 Å². The summed E-state index contributed by atoms with van der Waals surface area (Å²) in [4.78, 5) is 22.5. The third kappa shape index (κ3) is 3.02. The van der Waals surface area contributed by atoms with Gasteiger partial charge in [0.05, 0.1) is 16.9 Å². The minimum absolute atomic E-state index is 0.0250. The molecule has 0 bridgehead atoms. The van der Waals surface area contributed by atoms with Gasteiger partial charge in [0.15, 0.2) is 0 Å². The second kappa shape index (κ2) is 5.84. The van der Waals surface area contributed by atoms with E-state index >= 15 is 0 Å². The molecule has 0 aromatic heterocycles. The molecule has 3 atom stereocenters. The Morgan fingerprint density at radius 1 is 1.38 bits per heavy atom. The molecule has 1 aromatic rings. The molecule has 3 rings (SSSR count). The largest absolute Gasteiger partial charge is 0.427 e. The maximum atomic E-state index is 12.3. The topological polar surface area (TPSA) is 82.0 Å². The first-order valence-corrected chi connectivity index (χ1v) is 8.39. The van der Waals surface area contributed by atoms with Gasteiger partial charge in [-0.05, 0) is 51.2 Å².